The highest BCUT2D eigenvalue weighted by Crippen LogP contribution is 2.22. The number of carbonyl (C=O) groups excluding carboxylic acids is 1. The van der Waals surface area contributed by atoms with Crippen LogP contribution in [0.5, 0.6) is 5.75 Å². The quantitative estimate of drug-likeness (QED) is 0.865. The Labute approximate surface area is 140 Å². The summed E-state index contributed by atoms with van der Waals surface area (Å²) < 4.78 is 11.0. The molecular weight excluding hydrogens is 310 g/mol. The van der Waals surface area contributed by atoms with Crippen LogP contribution < -0.4 is 10.1 Å². The highest BCUT2D eigenvalue weighted by molar-refractivity contribution is 6.04. The van der Waals surface area contributed by atoms with E-state index < -0.39 is 11.9 Å². The number of rotatable bonds is 5. The highest BCUT2D eigenvalue weighted by atomic mass is 16.5. The molecule has 0 aliphatic carbocycles. The van der Waals surface area contributed by atoms with Crippen molar-refractivity contribution in [2.45, 2.75) is 39.7 Å². The summed E-state index contributed by atoms with van der Waals surface area (Å²) in [5.41, 5.74) is 0.270. The molecule has 2 aromatic rings. The van der Waals surface area contributed by atoms with Crippen LogP contribution in [0.3, 0.4) is 0 Å². The molecule has 1 amide bonds. The monoisotopic (exact) mass is 331 g/mol. The predicted molar refractivity (Wildman–Crippen MR) is 89.8 cm³/mol. The Morgan fingerprint density at radius 2 is 1.83 bits per heavy atom. The van der Waals surface area contributed by atoms with E-state index in [1.165, 1.54) is 6.07 Å². The van der Waals surface area contributed by atoms with Crippen molar-refractivity contribution in [2.75, 3.05) is 5.32 Å². The molecule has 24 heavy (non-hydrogen) atoms. The Bertz CT molecular complexity index is 738. The lowest BCUT2D eigenvalue weighted by Gasteiger charge is -2.21. The molecule has 0 bridgehead atoms. The second-order valence-corrected chi connectivity index (χ2v) is 6.30. The van der Waals surface area contributed by atoms with E-state index in [0.29, 0.717) is 17.9 Å². The van der Waals surface area contributed by atoms with E-state index in [9.17, 15) is 9.59 Å². The number of benzene rings is 1. The number of nitrogens with one attached hydrogen (secondary N) is 1. The normalized spacial score (nSPS) is 11.2. The molecule has 6 nitrogen and oxygen atoms in total. The van der Waals surface area contributed by atoms with Crippen molar-refractivity contribution in [3.8, 4) is 5.75 Å². The molecule has 0 atom stereocenters. The molecule has 128 valence electrons. The van der Waals surface area contributed by atoms with Crippen LogP contribution in [0.25, 0.3) is 0 Å². The zero-order valence-corrected chi connectivity index (χ0v) is 14.2. The average Bonchev–Trinajstić information content (AvgIpc) is 2.92. The van der Waals surface area contributed by atoms with E-state index in [4.69, 9.17) is 14.3 Å². The largest absolute Gasteiger partial charge is 0.488 e. The Morgan fingerprint density at radius 3 is 2.29 bits per heavy atom. The molecule has 2 rings (SSSR count). The van der Waals surface area contributed by atoms with Gasteiger partial charge in [0.2, 0.25) is 0 Å². The van der Waals surface area contributed by atoms with Crippen LogP contribution >= 0.6 is 0 Å². The van der Waals surface area contributed by atoms with Gasteiger partial charge in [-0.05, 0) is 45.0 Å². The van der Waals surface area contributed by atoms with Crippen molar-refractivity contribution in [1.29, 1.82) is 0 Å². The maximum atomic E-state index is 12.2. The Morgan fingerprint density at radius 1 is 1.21 bits per heavy atom. The third-order valence-corrected chi connectivity index (χ3v) is 3.12. The number of anilines is 1. The molecule has 0 saturated heterocycles. The van der Waals surface area contributed by atoms with Crippen molar-refractivity contribution in [3.05, 3.63) is 47.4 Å². The van der Waals surface area contributed by atoms with Crippen LogP contribution in [0.1, 0.15) is 54.4 Å². The van der Waals surface area contributed by atoms with Crippen LogP contribution in [0.15, 0.2) is 34.7 Å². The summed E-state index contributed by atoms with van der Waals surface area (Å²) in [7, 11) is 0. The third kappa shape index (κ3) is 4.38. The van der Waals surface area contributed by atoms with Gasteiger partial charge < -0.3 is 19.6 Å². The first kappa shape index (κ1) is 17.6. The van der Waals surface area contributed by atoms with Gasteiger partial charge in [-0.2, -0.15) is 0 Å². The number of hydrogen-bond donors (Lipinski definition) is 2. The molecule has 0 saturated carbocycles. The minimum atomic E-state index is -1.11. The Balaban J connectivity index is 2.11. The summed E-state index contributed by atoms with van der Waals surface area (Å²) in [5.74, 6) is -0.666. The predicted octanol–water partition coefficient (Wildman–Crippen LogP) is 3.97. The molecule has 1 heterocycles. The van der Waals surface area contributed by atoms with Crippen LogP contribution in [0.2, 0.25) is 0 Å². The van der Waals surface area contributed by atoms with Crippen LogP contribution in [0.4, 0.5) is 5.69 Å². The van der Waals surface area contributed by atoms with Gasteiger partial charge in [0.1, 0.15) is 22.7 Å². The minimum absolute atomic E-state index is 0.0107. The van der Waals surface area contributed by atoms with Crippen LogP contribution in [0, 0.1) is 0 Å². The van der Waals surface area contributed by atoms with E-state index in [0.717, 1.165) is 0 Å². The van der Waals surface area contributed by atoms with E-state index in [1.54, 1.807) is 31.2 Å². The maximum absolute atomic E-state index is 12.2. The van der Waals surface area contributed by atoms with Crippen molar-refractivity contribution in [3.63, 3.8) is 0 Å². The van der Waals surface area contributed by atoms with Crippen molar-refractivity contribution >= 4 is 17.6 Å². The SMILES string of the molecule is CCc1oc(C(=O)Nc2ccc(OC(C)(C)C)cc2)cc1C(=O)O. The van der Waals surface area contributed by atoms with E-state index in [-0.39, 0.29) is 22.7 Å². The van der Waals surface area contributed by atoms with Gasteiger partial charge in [-0.15, -0.1) is 0 Å². The fourth-order valence-corrected chi connectivity index (χ4v) is 2.14. The van der Waals surface area contributed by atoms with Crippen LogP contribution in [-0.4, -0.2) is 22.6 Å². The molecule has 0 aliphatic heterocycles. The number of furan rings is 1. The highest BCUT2D eigenvalue weighted by Gasteiger charge is 2.20. The number of carbonyl (C=O) groups is 2. The van der Waals surface area contributed by atoms with Crippen molar-refractivity contribution in [2.24, 2.45) is 0 Å². The summed E-state index contributed by atoms with van der Waals surface area (Å²) >= 11 is 0. The van der Waals surface area contributed by atoms with Gasteiger partial charge in [0.05, 0.1) is 0 Å². The fourth-order valence-electron chi connectivity index (χ4n) is 2.14. The van der Waals surface area contributed by atoms with Gasteiger partial charge in [0.25, 0.3) is 5.91 Å². The first-order valence-electron chi connectivity index (χ1n) is 7.66. The second kappa shape index (κ2) is 6.78. The Hall–Kier alpha value is -2.76. The number of ether oxygens (including phenoxy) is 1. The molecule has 0 aliphatic rings. The summed E-state index contributed by atoms with van der Waals surface area (Å²) in [5, 5.41) is 11.8. The molecule has 6 heteroatoms. The lowest BCUT2D eigenvalue weighted by atomic mass is 10.2. The number of amides is 1. The van der Waals surface area contributed by atoms with E-state index >= 15 is 0 Å². The average molecular weight is 331 g/mol. The Kier molecular flexibility index (Phi) is 4.97. The molecule has 1 aromatic heterocycles. The standard InChI is InChI=1S/C18H21NO5/c1-5-14-13(17(21)22)10-15(23-14)16(20)19-11-6-8-12(9-7-11)24-18(2,3)4/h6-10H,5H2,1-4H3,(H,19,20)(H,21,22). The first-order valence-corrected chi connectivity index (χ1v) is 7.66. The zero-order chi connectivity index (χ0) is 17.9. The zero-order valence-electron chi connectivity index (χ0n) is 14.2. The number of carboxylic acids is 1. The summed E-state index contributed by atoms with van der Waals surface area (Å²) in [6.07, 6.45) is 0.397. The lowest BCUT2D eigenvalue weighted by molar-refractivity contribution is 0.0694. The number of carboxylic acid groups (broad SMARTS) is 1. The number of aryl methyl sites for hydroxylation is 1. The summed E-state index contributed by atoms with van der Waals surface area (Å²) in [6.45, 7) is 7.61. The topological polar surface area (TPSA) is 88.8 Å². The second-order valence-electron chi connectivity index (χ2n) is 6.30. The molecule has 1 aromatic carbocycles. The van der Waals surface area contributed by atoms with Gasteiger partial charge in [0.15, 0.2) is 5.76 Å². The van der Waals surface area contributed by atoms with Gasteiger partial charge in [-0.25, -0.2) is 4.79 Å². The third-order valence-electron chi connectivity index (χ3n) is 3.12. The first-order chi connectivity index (χ1) is 11.2. The number of hydrogen-bond acceptors (Lipinski definition) is 4. The number of aromatic carboxylic acids is 1. The fraction of sp³-hybridized carbons (Fsp3) is 0.333. The summed E-state index contributed by atoms with van der Waals surface area (Å²) in [4.78, 5) is 23.3. The molecular formula is C18H21NO5. The van der Waals surface area contributed by atoms with E-state index in [1.807, 2.05) is 20.8 Å². The van der Waals surface area contributed by atoms with E-state index in [2.05, 4.69) is 5.32 Å². The summed E-state index contributed by atoms with van der Waals surface area (Å²) in [6, 6.07) is 8.17. The van der Waals surface area contributed by atoms with Crippen molar-refractivity contribution < 1.29 is 23.8 Å². The van der Waals surface area contributed by atoms with Gasteiger partial charge in [-0.1, -0.05) is 6.92 Å². The molecule has 0 spiro atoms. The minimum Gasteiger partial charge on any atom is -0.488 e. The smallest absolute Gasteiger partial charge is 0.339 e. The molecule has 0 unspecified atom stereocenters. The molecule has 0 fully saturated rings. The van der Waals surface area contributed by atoms with Gasteiger partial charge in [-0.3, -0.25) is 4.79 Å². The van der Waals surface area contributed by atoms with Gasteiger partial charge >= 0.3 is 5.97 Å². The molecule has 0 radical (unpaired) electrons. The van der Waals surface area contributed by atoms with Crippen molar-refractivity contribution in [1.82, 2.24) is 0 Å². The maximum Gasteiger partial charge on any atom is 0.339 e. The lowest BCUT2D eigenvalue weighted by Crippen LogP contribution is -2.22. The van der Waals surface area contributed by atoms with Gasteiger partial charge in [0, 0.05) is 18.2 Å². The van der Waals surface area contributed by atoms with Crippen LogP contribution in [-0.2, 0) is 6.42 Å². The molecule has 2 N–H and O–H groups in total.